The van der Waals surface area contributed by atoms with Crippen LogP contribution < -0.4 is 10.9 Å². The second-order valence-electron chi connectivity index (χ2n) is 10.1. The summed E-state index contributed by atoms with van der Waals surface area (Å²) in [6.45, 7) is 6.79. The van der Waals surface area contributed by atoms with Gasteiger partial charge in [-0.15, -0.1) is 0 Å². The van der Waals surface area contributed by atoms with Gasteiger partial charge in [0.05, 0.1) is 17.8 Å². The molecule has 0 radical (unpaired) electrons. The molecule has 35 heavy (non-hydrogen) atoms. The number of carbonyl (C=O) groups excluding carboxylic acids is 2. The smallest absolute Gasteiger partial charge is 0.416 e. The minimum Gasteiger partial charge on any atom is -0.444 e. The van der Waals surface area contributed by atoms with Gasteiger partial charge in [-0.3, -0.25) is 10.2 Å². The van der Waals surface area contributed by atoms with Crippen molar-refractivity contribution in [3.63, 3.8) is 0 Å². The highest BCUT2D eigenvalue weighted by atomic mass is 19.4. The van der Waals surface area contributed by atoms with E-state index < -0.39 is 23.4 Å². The SMILES string of the molecule is CC(C)(C)OC(=O)N1CCC=C2NNC(C(=O)N3CCC(c4ccccc4C(F)(F)F)CC3)=C2C1. The molecule has 0 bridgehead atoms. The quantitative estimate of drug-likeness (QED) is 0.644. The Morgan fingerprint density at radius 2 is 1.69 bits per heavy atom. The molecule has 2 amide bonds. The summed E-state index contributed by atoms with van der Waals surface area (Å²) in [5.74, 6) is -0.496. The molecule has 10 heteroatoms. The molecule has 0 unspecified atom stereocenters. The highest BCUT2D eigenvalue weighted by Crippen LogP contribution is 2.39. The summed E-state index contributed by atoms with van der Waals surface area (Å²) in [5, 5.41) is 0. The number of hydrazine groups is 1. The number of ether oxygens (including phenoxy) is 1. The lowest BCUT2D eigenvalue weighted by Crippen LogP contribution is -2.42. The number of hydrogen-bond acceptors (Lipinski definition) is 5. The lowest BCUT2D eigenvalue weighted by molar-refractivity contribution is -0.138. The van der Waals surface area contributed by atoms with Crippen molar-refractivity contribution in [1.82, 2.24) is 20.7 Å². The van der Waals surface area contributed by atoms with E-state index >= 15 is 0 Å². The van der Waals surface area contributed by atoms with Gasteiger partial charge in [0.1, 0.15) is 11.3 Å². The van der Waals surface area contributed by atoms with Gasteiger partial charge in [-0.2, -0.15) is 13.2 Å². The van der Waals surface area contributed by atoms with Crippen molar-refractivity contribution in [2.24, 2.45) is 0 Å². The summed E-state index contributed by atoms with van der Waals surface area (Å²) in [4.78, 5) is 29.2. The normalized spacial score (nSPS) is 19.4. The summed E-state index contributed by atoms with van der Waals surface area (Å²) in [5.41, 5.74) is 6.82. The lowest BCUT2D eigenvalue weighted by Gasteiger charge is -2.33. The van der Waals surface area contributed by atoms with Crippen molar-refractivity contribution in [2.75, 3.05) is 26.2 Å². The van der Waals surface area contributed by atoms with E-state index in [-0.39, 0.29) is 23.9 Å². The molecule has 7 nitrogen and oxygen atoms in total. The Hall–Kier alpha value is -3.17. The maximum Gasteiger partial charge on any atom is 0.416 e. The van der Waals surface area contributed by atoms with Crippen LogP contribution in [0.2, 0.25) is 0 Å². The third kappa shape index (κ3) is 5.57. The van der Waals surface area contributed by atoms with E-state index in [4.69, 9.17) is 4.74 Å². The summed E-state index contributed by atoms with van der Waals surface area (Å²) >= 11 is 0. The maximum atomic E-state index is 13.5. The molecule has 3 aliphatic rings. The number of hydrogen-bond donors (Lipinski definition) is 2. The monoisotopic (exact) mass is 492 g/mol. The van der Waals surface area contributed by atoms with Crippen LogP contribution in [0.15, 0.2) is 47.3 Å². The van der Waals surface area contributed by atoms with Crippen LogP contribution in [0.4, 0.5) is 18.0 Å². The fourth-order valence-electron chi connectivity index (χ4n) is 4.72. The summed E-state index contributed by atoms with van der Waals surface area (Å²) in [6, 6.07) is 5.67. The Balaban J connectivity index is 1.47. The molecule has 4 rings (SSSR count). The second kappa shape index (κ2) is 9.47. The zero-order valence-electron chi connectivity index (χ0n) is 20.2. The van der Waals surface area contributed by atoms with Crippen molar-refractivity contribution < 1.29 is 27.5 Å². The van der Waals surface area contributed by atoms with Crippen LogP contribution in [0.1, 0.15) is 57.1 Å². The Kier molecular flexibility index (Phi) is 6.75. The number of amides is 2. The van der Waals surface area contributed by atoms with E-state index in [1.54, 1.807) is 36.6 Å². The minimum atomic E-state index is -4.41. The molecule has 1 aromatic carbocycles. The molecular formula is C25H31F3N4O3. The van der Waals surface area contributed by atoms with Gasteiger partial charge < -0.3 is 20.0 Å². The Labute approximate surface area is 202 Å². The first-order valence-corrected chi connectivity index (χ1v) is 11.8. The summed E-state index contributed by atoms with van der Waals surface area (Å²) in [6.07, 6.45) is -1.41. The molecule has 2 N–H and O–H groups in total. The minimum absolute atomic E-state index is 0.219. The molecule has 3 aliphatic heterocycles. The van der Waals surface area contributed by atoms with Gasteiger partial charge in [-0.25, -0.2) is 4.79 Å². The fraction of sp³-hybridized carbons (Fsp3) is 0.520. The van der Waals surface area contributed by atoms with E-state index in [1.165, 1.54) is 12.1 Å². The topological polar surface area (TPSA) is 73.9 Å². The Morgan fingerprint density at radius 1 is 1.00 bits per heavy atom. The number of halogens is 3. The molecule has 1 fully saturated rings. The van der Waals surface area contributed by atoms with Gasteiger partial charge in [0.2, 0.25) is 0 Å². The number of fused-ring (bicyclic) bond motifs is 1. The fourth-order valence-corrected chi connectivity index (χ4v) is 4.72. The van der Waals surface area contributed by atoms with Crippen LogP contribution in [0.3, 0.4) is 0 Å². The summed E-state index contributed by atoms with van der Waals surface area (Å²) < 4.78 is 45.9. The van der Waals surface area contributed by atoms with Crippen LogP contribution in [0.5, 0.6) is 0 Å². The van der Waals surface area contributed by atoms with Gasteiger partial charge in [0.25, 0.3) is 5.91 Å². The average Bonchev–Trinajstić information content (AvgIpc) is 3.06. The van der Waals surface area contributed by atoms with Gasteiger partial charge >= 0.3 is 12.3 Å². The van der Waals surface area contributed by atoms with Crippen LogP contribution in [-0.4, -0.2) is 53.6 Å². The van der Waals surface area contributed by atoms with E-state index in [2.05, 4.69) is 10.9 Å². The molecule has 0 aromatic heterocycles. The first kappa shape index (κ1) is 24.9. The summed E-state index contributed by atoms with van der Waals surface area (Å²) in [7, 11) is 0. The first-order valence-electron chi connectivity index (χ1n) is 11.8. The number of carbonyl (C=O) groups is 2. The third-order valence-corrected chi connectivity index (χ3v) is 6.40. The van der Waals surface area contributed by atoms with E-state index in [0.29, 0.717) is 50.2 Å². The number of alkyl halides is 3. The van der Waals surface area contributed by atoms with E-state index in [9.17, 15) is 22.8 Å². The van der Waals surface area contributed by atoms with Crippen molar-refractivity contribution in [3.8, 4) is 0 Å². The number of rotatable bonds is 2. The van der Waals surface area contributed by atoms with Gasteiger partial charge in [0.15, 0.2) is 0 Å². The van der Waals surface area contributed by atoms with Gasteiger partial charge in [0, 0.05) is 25.2 Å². The highest BCUT2D eigenvalue weighted by Gasteiger charge is 2.37. The maximum absolute atomic E-state index is 13.5. The van der Waals surface area contributed by atoms with E-state index in [1.807, 2.05) is 6.08 Å². The molecule has 1 aromatic rings. The van der Waals surface area contributed by atoms with Crippen LogP contribution in [-0.2, 0) is 15.7 Å². The molecule has 1 saturated heterocycles. The molecule has 190 valence electrons. The molecule has 3 heterocycles. The predicted molar refractivity (Wildman–Crippen MR) is 124 cm³/mol. The Bertz CT molecular complexity index is 1050. The van der Waals surface area contributed by atoms with Crippen LogP contribution in [0, 0.1) is 0 Å². The van der Waals surface area contributed by atoms with Crippen LogP contribution >= 0.6 is 0 Å². The van der Waals surface area contributed by atoms with Crippen LogP contribution in [0.25, 0.3) is 0 Å². The van der Waals surface area contributed by atoms with Crippen molar-refractivity contribution in [3.05, 3.63) is 58.4 Å². The number of nitrogens with zero attached hydrogens (tertiary/aromatic N) is 2. The van der Waals surface area contributed by atoms with Crippen molar-refractivity contribution in [2.45, 2.75) is 57.7 Å². The molecule has 0 spiro atoms. The standard InChI is InChI=1S/C25H31F3N4O3/c1-24(2,3)35-23(34)32-12-6-9-20-18(15-32)21(30-29-20)22(33)31-13-10-16(11-14-31)17-7-4-5-8-19(17)25(26,27)28/h4-5,7-9,16,29-30H,6,10-15H2,1-3H3. The largest absolute Gasteiger partial charge is 0.444 e. The zero-order valence-corrected chi connectivity index (χ0v) is 20.2. The third-order valence-electron chi connectivity index (χ3n) is 6.40. The van der Waals surface area contributed by atoms with Gasteiger partial charge in [-0.1, -0.05) is 24.3 Å². The molecule has 0 saturated carbocycles. The first-order chi connectivity index (χ1) is 16.4. The predicted octanol–water partition coefficient (Wildman–Crippen LogP) is 4.30. The lowest BCUT2D eigenvalue weighted by atomic mass is 9.86. The number of nitrogens with one attached hydrogen (secondary N) is 2. The molecule has 0 atom stereocenters. The van der Waals surface area contributed by atoms with E-state index in [0.717, 1.165) is 11.8 Å². The number of benzene rings is 1. The second-order valence-corrected chi connectivity index (χ2v) is 10.1. The van der Waals surface area contributed by atoms with Gasteiger partial charge in [-0.05, 0) is 57.6 Å². The molecule has 0 aliphatic carbocycles. The highest BCUT2D eigenvalue weighted by molar-refractivity contribution is 5.95. The van der Waals surface area contributed by atoms with Crippen molar-refractivity contribution >= 4 is 12.0 Å². The zero-order chi connectivity index (χ0) is 25.4. The number of likely N-dealkylation sites (tertiary alicyclic amines) is 1. The average molecular weight is 493 g/mol. The number of piperidine rings is 1. The van der Waals surface area contributed by atoms with Crippen molar-refractivity contribution in [1.29, 1.82) is 0 Å². The Morgan fingerprint density at radius 3 is 2.34 bits per heavy atom. The molecular weight excluding hydrogens is 461 g/mol.